The zero-order valence-electron chi connectivity index (χ0n) is 21.8. The fraction of sp³-hybridized carbons (Fsp3) is 0.517. The molecule has 2 fully saturated rings. The standard InChI is InChI=1S/C28H36N4O.CH2O2/c1-18(2)33-22-7-5-6-20(12-22)13-26-30-27-23-9-8-19(3)31(4)24(23)10-11-25(27)32(26)21-14-28(15-21)16-29-17-28;2-1-3/h5-7,10-12,18-19,21,29H,8-9,13-17H2,1-4H3;1H,(H,2,3). The fourth-order valence-electron chi connectivity index (χ4n) is 6.22. The van der Waals surface area contributed by atoms with Gasteiger partial charge in [0.2, 0.25) is 0 Å². The number of aromatic nitrogens is 2. The number of hydrogen-bond acceptors (Lipinski definition) is 5. The minimum absolute atomic E-state index is 0.179. The number of carbonyl (C=O) groups is 1. The van der Waals surface area contributed by atoms with Crippen LogP contribution in [0.2, 0.25) is 0 Å². The predicted molar refractivity (Wildman–Crippen MR) is 143 cm³/mol. The molecule has 0 amide bonds. The van der Waals surface area contributed by atoms with Gasteiger partial charge in [0, 0.05) is 49.9 Å². The lowest BCUT2D eigenvalue weighted by Crippen LogP contribution is -2.60. The SMILES string of the molecule is CC(C)Oc1cccc(Cc2nc3c4c(ccc3n2C2CC3(CNC3)C2)N(C)C(C)CC4)c1.O=CO. The number of nitrogens with zero attached hydrogens (tertiary/aromatic N) is 3. The number of nitrogens with one attached hydrogen (secondary N) is 1. The van der Waals surface area contributed by atoms with E-state index < -0.39 is 0 Å². The number of anilines is 1. The van der Waals surface area contributed by atoms with Crippen molar-refractivity contribution >= 4 is 23.2 Å². The number of hydrogen-bond donors (Lipinski definition) is 2. The molecule has 192 valence electrons. The van der Waals surface area contributed by atoms with Crippen LogP contribution in [0.5, 0.6) is 5.75 Å². The van der Waals surface area contributed by atoms with E-state index in [9.17, 15) is 0 Å². The second-order valence-corrected chi connectivity index (χ2v) is 11.1. The van der Waals surface area contributed by atoms with Crippen LogP contribution in [0.4, 0.5) is 5.69 Å². The Bertz CT molecular complexity index is 1240. The highest BCUT2D eigenvalue weighted by molar-refractivity contribution is 5.86. The van der Waals surface area contributed by atoms with Crippen molar-refractivity contribution in [3.05, 3.63) is 53.3 Å². The van der Waals surface area contributed by atoms with Crippen LogP contribution in [-0.2, 0) is 17.6 Å². The number of aryl methyl sites for hydroxylation is 1. The molecule has 2 aliphatic heterocycles. The Morgan fingerprint density at radius 2 is 2.00 bits per heavy atom. The van der Waals surface area contributed by atoms with Gasteiger partial charge in [-0.2, -0.15) is 0 Å². The Kier molecular flexibility index (Phi) is 6.68. The van der Waals surface area contributed by atoms with E-state index in [0.717, 1.165) is 18.6 Å². The lowest BCUT2D eigenvalue weighted by molar-refractivity contribution is -0.122. The monoisotopic (exact) mass is 490 g/mol. The van der Waals surface area contributed by atoms with E-state index in [4.69, 9.17) is 19.6 Å². The van der Waals surface area contributed by atoms with E-state index in [0.29, 0.717) is 17.5 Å². The van der Waals surface area contributed by atoms with Crippen molar-refractivity contribution in [3.8, 4) is 5.75 Å². The van der Waals surface area contributed by atoms with Gasteiger partial charge in [-0.3, -0.25) is 4.79 Å². The van der Waals surface area contributed by atoms with Gasteiger partial charge >= 0.3 is 0 Å². The number of imidazole rings is 1. The van der Waals surface area contributed by atoms with E-state index >= 15 is 0 Å². The highest BCUT2D eigenvalue weighted by Gasteiger charge is 2.49. The average Bonchev–Trinajstić information content (AvgIpc) is 3.13. The summed E-state index contributed by atoms with van der Waals surface area (Å²) in [6, 6.07) is 14.4. The molecule has 0 bridgehead atoms. The zero-order valence-corrected chi connectivity index (χ0v) is 21.8. The summed E-state index contributed by atoms with van der Waals surface area (Å²) in [5.74, 6) is 2.15. The van der Waals surface area contributed by atoms with Crippen molar-refractivity contribution in [1.82, 2.24) is 14.9 Å². The van der Waals surface area contributed by atoms with Crippen LogP contribution in [0, 0.1) is 5.41 Å². The Hall–Kier alpha value is -3.06. The molecule has 0 radical (unpaired) electrons. The third-order valence-electron chi connectivity index (χ3n) is 8.20. The largest absolute Gasteiger partial charge is 0.491 e. The van der Waals surface area contributed by atoms with Crippen molar-refractivity contribution < 1.29 is 14.6 Å². The van der Waals surface area contributed by atoms with Gasteiger partial charge in [-0.1, -0.05) is 12.1 Å². The first-order valence-electron chi connectivity index (χ1n) is 13.1. The second kappa shape index (κ2) is 9.77. The van der Waals surface area contributed by atoms with Crippen LogP contribution in [-0.4, -0.2) is 53.4 Å². The summed E-state index contributed by atoms with van der Waals surface area (Å²) in [4.78, 5) is 16.1. The summed E-state index contributed by atoms with van der Waals surface area (Å²) in [5, 5.41) is 10.4. The topological polar surface area (TPSA) is 79.6 Å². The van der Waals surface area contributed by atoms with Gasteiger partial charge in [-0.05, 0) is 81.7 Å². The summed E-state index contributed by atoms with van der Waals surface area (Å²) >= 11 is 0. The van der Waals surface area contributed by atoms with Crippen molar-refractivity contribution in [3.63, 3.8) is 0 Å². The Labute approximate surface area is 213 Å². The Balaban J connectivity index is 0.000000848. The van der Waals surface area contributed by atoms with Crippen LogP contribution in [0.25, 0.3) is 11.0 Å². The normalized spacial score (nSPS) is 20.4. The number of ether oxygens (including phenoxy) is 1. The summed E-state index contributed by atoms with van der Waals surface area (Å²) < 4.78 is 8.56. The Morgan fingerprint density at radius 3 is 2.67 bits per heavy atom. The van der Waals surface area contributed by atoms with E-state index in [2.05, 4.69) is 79.0 Å². The van der Waals surface area contributed by atoms with Crippen LogP contribution in [0.3, 0.4) is 0 Å². The van der Waals surface area contributed by atoms with Crippen molar-refractivity contribution in [2.45, 2.75) is 71.1 Å². The molecule has 6 rings (SSSR count). The van der Waals surface area contributed by atoms with Gasteiger partial charge in [-0.15, -0.1) is 0 Å². The van der Waals surface area contributed by atoms with E-state index in [1.807, 2.05) is 0 Å². The summed E-state index contributed by atoms with van der Waals surface area (Å²) in [6.45, 7) is 8.59. The molecule has 2 aromatic carbocycles. The summed E-state index contributed by atoms with van der Waals surface area (Å²) in [5.41, 5.74) is 7.15. The molecule has 1 atom stereocenters. The van der Waals surface area contributed by atoms with Crippen LogP contribution in [0.15, 0.2) is 36.4 Å². The van der Waals surface area contributed by atoms with Gasteiger partial charge in [0.15, 0.2) is 0 Å². The molecule has 1 spiro atoms. The first-order chi connectivity index (χ1) is 17.3. The third-order valence-corrected chi connectivity index (χ3v) is 8.20. The number of carboxylic acid groups (broad SMARTS) is 1. The molecule has 3 aromatic rings. The number of rotatable bonds is 5. The molecule has 1 aromatic heterocycles. The highest BCUT2D eigenvalue weighted by atomic mass is 16.5. The predicted octanol–water partition coefficient (Wildman–Crippen LogP) is 4.81. The smallest absolute Gasteiger partial charge is 0.290 e. The van der Waals surface area contributed by atoms with Gasteiger partial charge in [0.25, 0.3) is 6.47 Å². The molecular formula is C29H38N4O3. The molecule has 36 heavy (non-hydrogen) atoms. The molecule has 1 aliphatic carbocycles. The van der Waals surface area contributed by atoms with E-state index in [-0.39, 0.29) is 12.6 Å². The van der Waals surface area contributed by atoms with Gasteiger partial charge < -0.3 is 24.6 Å². The maximum atomic E-state index is 8.36. The van der Waals surface area contributed by atoms with Crippen LogP contribution < -0.4 is 15.0 Å². The van der Waals surface area contributed by atoms with Gasteiger partial charge in [0.05, 0.1) is 17.1 Å². The molecule has 1 saturated carbocycles. The van der Waals surface area contributed by atoms with Crippen molar-refractivity contribution in [1.29, 1.82) is 0 Å². The molecule has 1 saturated heterocycles. The van der Waals surface area contributed by atoms with Crippen LogP contribution in [0.1, 0.15) is 63.0 Å². The Morgan fingerprint density at radius 1 is 1.25 bits per heavy atom. The maximum Gasteiger partial charge on any atom is 0.290 e. The van der Waals surface area contributed by atoms with Crippen molar-refractivity contribution in [2.75, 3.05) is 25.0 Å². The quantitative estimate of drug-likeness (QED) is 0.500. The third kappa shape index (κ3) is 4.45. The average molecular weight is 491 g/mol. The molecule has 7 nitrogen and oxygen atoms in total. The first kappa shape index (κ1) is 24.6. The minimum atomic E-state index is -0.250. The molecule has 3 heterocycles. The lowest BCUT2D eigenvalue weighted by atomic mass is 9.61. The number of benzene rings is 2. The maximum absolute atomic E-state index is 8.36. The summed E-state index contributed by atoms with van der Waals surface area (Å²) in [7, 11) is 2.23. The second-order valence-electron chi connectivity index (χ2n) is 11.1. The van der Waals surface area contributed by atoms with Gasteiger partial charge in [-0.25, -0.2) is 4.98 Å². The molecular weight excluding hydrogens is 452 g/mol. The fourth-order valence-corrected chi connectivity index (χ4v) is 6.22. The molecule has 2 N–H and O–H groups in total. The lowest BCUT2D eigenvalue weighted by Gasteiger charge is -2.55. The molecule has 1 unspecified atom stereocenters. The summed E-state index contributed by atoms with van der Waals surface area (Å²) in [6.07, 6.45) is 5.86. The molecule has 7 heteroatoms. The molecule has 3 aliphatic rings. The minimum Gasteiger partial charge on any atom is -0.491 e. The van der Waals surface area contributed by atoms with E-state index in [1.165, 1.54) is 66.0 Å². The number of fused-ring (bicyclic) bond motifs is 3. The first-order valence-corrected chi connectivity index (χ1v) is 13.1. The van der Waals surface area contributed by atoms with E-state index in [1.54, 1.807) is 0 Å². The highest BCUT2D eigenvalue weighted by Crippen LogP contribution is 2.52. The van der Waals surface area contributed by atoms with Crippen LogP contribution >= 0.6 is 0 Å². The van der Waals surface area contributed by atoms with Gasteiger partial charge in [0.1, 0.15) is 11.6 Å². The zero-order chi connectivity index (χ0) is 25.4. The van der Waals surface area contributed by atoms with Crippen molar-refractivity contribution in [2.24, 2.45) is 5.41 Å².